The van der Waals surface area contributed by atoms with Gasteiger partial charge in [-0.2, -0.15) is 0 Å². The Hall–Kier alpha value is -0.540. The summed E-state index contributed by atoms with van der Waals surface area (Å²) >= 11 is 1.86. The maximum absolute atomic E-state index is 4.42. The van der Waals surface area contributed by atoms with Gasteiger partial charge in [-0.25, -0.2) is 4.98 Å². The molecule has 0 spiro atoms. The van der Waals surface area contributed by atoms with Gasteiger partial charge in [-0.3, -0.25) is 0 Å². The summed E-state index contributed by atoms with van der Waals surface area (Å²) in [5.74, 6) is 1.92. The zero-order valence-electron chi connectivity index (χ0n) is 11.4. The molecule has 2 nitrogen and oxygen atoms in total. The maximum atomic E-state index is 4.42. The number of hydrogen-bond donors (Lipinski definition) is 1. The van der Waals surface area contributed by atoms with Crippen LogP contribution in [0.3, 0.4) is 0 Å². The molecule has 1 aromatic rings. The Bertz CT molecular complexity index is 328. The Labute approximate surface area is 110 Å². The highest BCUT2D eigenvalue weighted by Crippen LogP contribution is 2.22. The highest BCUT2D eigenvalue weighted by Gasteiger charge is 2.06. The predicted octanol–water partition coefficient (Wildman–Crippen LogP) is 3.89. The van der Waals surface area contributed by atoms with Crippen molar-refractivity contribution in [2.24, 2.45) is 5.92 Å². The lowest BCUT2D eigenvalue weighted by Crippen LogP contribution is -2.17. The molecule has 2 unspecified atom stereocenters. The Morgan fingerprint density at radius 2 is 2.12 bits per heavy atom. The summed E-state index contributed by atoms with van der Waals surface area (Å²) in [5.41, 5.74) is 1.33. The van der Waals surface area contributed by atoms with Gasteiger partial charge < -0.3 is 5.32 Å². The molecule has 96 valence electrons. The molecule has 1 heterocycles. The molecule has 1 aromatic heterocycles. The van der Waals surface area contributed by atoms with Crippen LogP contribution in [0.1, 0.15) is 45.7 Å². The van der Waals surface area contributed by atoms with Crippen molar-refractivity contribution in [3.8, 4) is 0 Å². The fourth-order valence-electron chi connectivity index (χ4n) is 1.54. The first-order valence-corrected chi connectivity index (χ1v) is 7.48. The lowest BCUT2D eigenvalue weighted by molar-refractivity contribution is 0.595. The number of rotatable bonds is 7. The molecule has 0 aliphatic heterocycles. The second kappa shape index (κ2) is 7.72. The number of thioether (sulfide) groups is 1. The van der Waals surface area contributed by atoms with Gasteiger partial charge in [-0.15, -0.1) is 11.8 Å². The van der Waals surface area contributed by atoms with Gasteiger partial charge in [0.25, 0.3) is 0 Å². The number of hydrogen-bond acceptors (Lipinski definition) is 3. The summed E-state index contributed by atoms with van der Waals surface area (Å²) in [6.45, 7) is 9.86. The predicted molar refractivity (Wildman–Crippen MR) is 76.5 cm³/mol. The van der Waals surface area contributed by atoms with Crippen LogP contribution in [0.5, 0.6) is 0 Å². The van der Waals surface area contributed by atoms with Crippen molar-refractivity contribution in [3.05, 3.63) is 23.9 Å². The van der Waals surface area contributed by atoms with Gasteiger partial charge in [0.05, 0.1) is 5.03 Å². The average Bonchev–Trinajstić information content (AvgIpc) is 2.36. The molecule has 0 saturated carbocycles. The maximum Gasteiger partial charge on any atom is 0.0963 e. The molecule has 0 radical (unpaired) electrons. The van der Waals surface area contributed by atoms with E-state index in [1.54, 1.807) is 0 Å². The molecule has 1 rings (SSSR count). The third-order valence-corrected chi connectivity index (χ3v) is 4.24. The molecule has 0 aromatic carbocycles. The first-order chi connectivity index (χ1) is 8.17. The van der Waals surface area contributed by atoms with Crippen LogP contribution in [-0.2, 0) is 0 Å². The molecular weight excluding hydrogens is 228 g/mol. The van der Waals surface area contributed by atoms with Crippen LogP contribution < -0.4 is 5.32 Å². The third-order valence-electron chi connectivity index (χ3n) is 2.98. The molecule has 0 bridgehead atoms. The second-order valence-corrected chi connectivity index (χ2v) is 5.57. The van der Waals surface area contributed by atoms with Crippen LogP contribution in [0.4, 0.5) is 0 Å². The molecule has 0 aliphatic rings. The first-order valence-electron chi connectivity index (χ1n) is 6.49. The molecule has 1 N–H and O–H groups in total. The largest absolute Gasteiger partial charge is 0.310 e. The molecule has 0 aliphatic carbocycles. The van der Waals surface area contributed by atoms with E-state index in [1.165, 1.54) is 12.0 Å². The number of nitrogens with one attached hydrogen (secondary N) is 1. The molecular formula is C14H24N2S. The van der Waals surface area contributed by atoms with E-state index in [0.29, 0.717) is 6.04 Å². The Kier molecular flexibility index (Phi) is 6.60. The van der Waals surface area contributed by atoms with Gasteiger partial charge in [0.15, 0.2) is 0 Å². The highest BCUT2D eigenvalue weighted by atomic mass is 32.2. The lowest BCUT2D eigenvalue weighted by Gasteiger charge is -2.13. The van der Waals surface area contributed by atoms with Gasteiger partial charge in [-0.1, -0.05) is 27.2 Å². The van der Waals surface area contributed by atoms with Crippen molar-refractivity contribution in [2.75, 3.05) is 12.3 Å². The summed E-state index contributed by atoms with van der Waals surface area (Å²) in [6, 6.07) is 4.71. The van der Waals surface area contributed by atoms with Crippen molar-refractivity contribution < 1.29 is 0 Å². The molecule has 0 amide bonds. The average molecular weight is 252 g/mol. The number of aromatic nitrogens is 1. The van der Waals surface area contributed by atoms with Crippen LogP contribution in [0.15, 0.2) is 23.4 Å². The minimum Gasteiger partial charge on any atom is -0.310 e. The van der Waals surface area contributed by atoms with E-state index >= 15 is 0 Å². The second-order valence-electron chi connectivity index (χ2n) is 4.53. The van der Waals surface area contributed by atoms with Gasteiger partial charge in [0.2, 0.25) is 0 Å². The van der Waals surface area contributed by atoms with Gasteiger partial charge in [-0.05, 0) is 37.1 Å². The van der Waals surface area contributed by atoms with Gasteiger partial charge in [0.1, 0.15) is 0 Å². The van der Waals surface area contributed by atoms with Crippen LogP contribution in [0.2, 0.25) is 0 Å². The van der Waals surface area contributed by atoms with Crippen molar-refractivity contribution >= 4 is 11.8 Å². The van der Waals surface area contributed by atoms with Crippen molar-refractivity contribution in [1.82, 2.24) is 10.3 Å². The third kappa shape index (κ3) is 5.09. The van der Waals surface area contributed by atoms with E-state index in [4.69, 9.17) is 0 Å². The molecule has 17 heavy (non-hydrogen) atoms. The lowest BCUT2D eigenvalue weighted by atomic mass is 10.1. The Morgan fingerprint density at radius 1 is 1.35 bits per heavy atom. The normalized spacial score (nSPS) is 14.6. The minimum absolute atomic E-state index is 0.408. The van der Waals surface area contributed by atoms with Crippen molar-refractivity contribution in [2.45, 2.75) is 45.2 Å². The van der Waals surface area contributed by atoms with Crippen molar-refractivity contribution in [3.63, 3.8) is 0 Å². The van der Waals surface area contributed by atoms with Crippen LogP contribution in [0.25, 0.3) is 0 Å². The zero-order valence-corrected chi connectivity index (χ0v) is 12.2. The molecule has 3 heteroatoms. The summed E-state index contributed by atoms with van der Waals surface area (Å²) in [4.78, 5) is 4.42. The van der Waals surface area contributed by atoms with E-state index in [1.807, 2.05) is 18.0 Å². The minimum atomic E-state index is 0.408. The first kappa shape index (κ1) is 14.5. The summed E-state index contributed by atoms with van der Waals surface area (Å²) in [6.07, 6.45) is 3.16. The monoisotopic (exact) mass is 252 g/mol. The summed E-state index contributed by atoms with van der Waals surface area (Å²) in [7, 11) is 0. The van der Waals surface area contributed by atoms with Crippen LogP contribution >= 0.6 is 11.8 Å². The van der Waals surface area contributed by atoms with Gasteiger partial charge >= 0.3 is 0 Å². The quantitative estimate of drug-likeness (QED) is 0.745. The fraction of sp³-hybridized carbons (Fsp3) is 0.643. The van der Waals surface area contributed by atoms with E-state index in [0.717, 1.165) is 23.2 Å². The zero-order chi connectivity index (χ0) is 12.7. The molecule has 2 atom stereocenters. The molecule has 0 fully saturated rings. The van der Waals surface area contributed by atoms with Crippen LogP contribution in [0, 0.1) is 5.92 Å². The van der Waals surface area contributed by atoms with E-state index < -0.39 is 0 Å². The van der Waals surface area contributed by atoms with Crippen LogP contribution in [-0.4, -0.2) is 17.3 Å². The van der Waals surface area contributed by atoms with Gasteiger partial charge in [0, 0.05) is 18.0 Å². The Morgan fingerprint density at radius 3 is 2.76 bits per heavy atom. The summed E-state index contributed by atoms with van der Waals surface area (Å²) < 4.78 is 0. The molecule has 0 saturated heterocycles. The highest BCUT2D eigenvalue weighted by molar-refractivity contribution is 7.99. The number of pyridine rings is 1. The van der Waals surface area contributed by atoms with E-state index in [2.05, 4.69) is 50.1 Å². The Balaban J connectivity index is 2.59. The summed E-state index contributed by atoms with van der Waals surface area (Å²) in [5, 5.41) is 4.57. The fourth-order valence-corrected chi connectivity index (χ4v) is 2.59. The smallest absolute Gasteiger partial charge is 0.0963 e. The van der Waals surface area contributed by atoms with Crippen molar-refractivity contribution in [1.29, 1.82) is 0 Å². The topological polar surface area (TPSA) is 24.9 Å². The standard InChI is InChI=1S/C14H24N2S/c1-5-11(3)10-17-14-9-13(7-8-16-14)12(4)15-6-2/h7-9,11-12,15H,5-6,10H2,1-4H3. The SMILES string of the molecule is CCNC(C)c1ccnc(SCC(C)CC)c1. The number of nitrogens with zero attached hydrogens (tertiary/aromatic N) is 1. The van der Waals surface area contributed by atoms with E-state index in [-0.39, 0.29) is 0 Å². The van der Waals surface area contributed by atoms with E-state index in [9.17, 15) is 0 Å².